The number of alkyl halides is 3. The van der Waals surface area contributed by atoms with E-state index < -0.39 is 28.9 Å². The van der Waals surface area contributed by atoms with Gasteiger partial charge < -0.3 is 15.5 Å². The predicted octanol–water partition coefficient (Wildman–Crippen LogP) is 3.75. The van der Waals surface area contributed by atoms with Crippen LogP contribution in [0.15, 0.2) is 47.4 Å². The molecule has 0 saturated carbocycles. The molecule has 3 rings (SSSR count). The number of hydrogen-bond donors (Lipinski definition) is 2. The Morgan fingerprint density at radius 1 is 1.17 bits per heavy atom. The fourth-order valence-corrected chi connectivity index (χ4v) is 2.88. The van der Waals surface area contributed by atoms with Gasteiger partial charge in [-0.05, 0) is 54.8 Å². The first-order valence-corrected chi connectivity index (χ1v) is 8.86. The van der Waals surface area contributed by atoms with E-state index in [-0.39, 0.29) is 17.7 Å². The predicted molar refractivity (Wildman–Crippen MR) is 104 cm³/mol. The molecule has 3 aromatic rings. The third-order valence-electron chi connectivity index (χ3n) is 4.71. The van der Waals surface area contributed by atoms with Gasteiger partial charge in [0.1, 0.15) is 23.6 Å². The molecule has 3 N–H and O–H groups in total. The van der Waals surface area contributed by atoms with Crippen molar-refractivity contribution in [1.82, 2.24) is 9.97 Å². The number of aryl methyl sites for hydroxylation is 1. The number of pyridine rings is 2. The van der Waals surface area contributed by atoms with E-state index in [2.05, 4.69) is 4.98 Å². The quantitative estimate of drug-likeness (QED) is 0.661. The molecular weight excluding hydrogens is 399 g/mol. The van der Waals surface area contributed by atoms with Gasteiger partial charge in [0, 0.05) is 11.8 Å². The summed E-state index contributed by atoms with van der Waals surface area (Å²) in [6.45, 7) is 4.08. The minimum Gasteiger partial charge on any atom is -0.487 e. The lowest BCUT2D eigenvalue weighted by molar-refractivity contribution is -0.140. The Labute approximate surface area is 169 Å². The number of hydrogen-bond acceptors (Lipinski definition) is 4. The molecule has 1 amide bonds. The summed E-state index contributed by atoms with van der Waals surface area (Å²) in [7, 11) is 0. The molecule has 1 aromatic carbocycles. The van der Waals surface area contributed by atoms with E-state index >= 15 is 0 Å². The molecule has 0 fully saturated rings. The molecule has 156 valence electrons. The van der Waals surface area contributed by atoms with Gasteiger partial charge in [0.15, 0.2) is 0 Å². The number of nitrogens with zero attached hydrogens (tertiary/aromatic N) is 1. The second-order valence-electron chi connectivity index (χ2n) is 6.68. The molecule has 2 aromatic heterocycles. The van der Waals surface area contributed by atoms with Crippen LogP contribution in [0.3, 0.4) is 0 Å². The maximum Gasteiger partial charge on any atom is 0.431 e. The number of benzene rings is 1. The number of rotatable bonds is 5. The van der Waals surface area contributed by atoms with E-state index in [1.54, 1.807) is 11.2 Å². The van der Waals surface area contributed by atoms with Crippen LogP contribution in [0.4, 0.5) is 13.2 Å². The summed E-state index contributed by atoms with van der Waals surface area (Å²) < 4.78 is 45.8. The molecule has 6 nitrogen and oxygen atoms in total. The molecule has 0 radical (unpaired) electrons. The highest BCUT2D eigenvalue weighted by molar-refractivity contribution is 5.94. The molecular formula is C21H18F3N3O3. The molecule has 0 aliphatic carbocycles. The molecule has 9 heteroatoms. The van der Waals surface area contributed by atoms with Gasteiger partial charge in [-0.3, -0.25) is 14.6 Å². The van der Waals surface area contributed by atoms with Gasteiger partial charge in [0.25, 0.3) is 11.5 Å². The lowest BCUT2D eigenvalue weighted by Gasteiger charge is -2.14. The molecule has 0 spiro atoms. The topological polar surface area (TPSA) is 98.1 Å². The summed E-state index contributed by atoms with van der Waals surface area (Å²) in [5.74, 6) is -0.693. The summed E-state index contributed by atoms with van der Waals surface area (Å²) >= 11 is 0. The Morgan fingerprint density at radius 2 is 1.83 bits per heavy atom. The van der Waals surface area contributed by atoms with Gasteiger partial charge in [-0.15, -0.1) is 0 Å². The van der Waals surface area contributed by atoms with Crippen molar-refractivity contribution in [3.63, 3.8) is 0 Å². The minimum atomic E-state index is -4.83. The highest BCUT2D eigenvalue weighted by Crippen LogP contribution is 2.35. The molecule has 0 aliphatic heterocycles. The zero-order chi connectivity index (χ0) is 22.1. The van der Waals surface area contributed by atoms with Gasteiger partial charge in [0.05, 0.1) is 5.69 Å². The number of carbonyl (C=O) groups is 1. The highest BCUT2D eigenvalue weighted by atomic mass is 19.4. The van der Waals surface area contributed by atoms with Crippen LogP contribution in [-0.2, 0) is 12.8 Å². The highest BCUT2D eigenvalue weighted by Gasteiger charge is 2.36. The van der Waals surface area contributed by atoms with Crippen molar-refractivity contribution >= 4 is 5.91 Å². The van der Waals surface area contributed by atoms with Crippen LogP contribution in [0.5, 0.6) is 5.75 Å². The zero-order valence-electron chi connectivity index (χ0n) is 16.1. The van der Waals surface area contributed by atoms with E-state index in [4.69, 9.17) is 10.5 Å². The number of amides is 1. The Hall–Kier alpha value is -3.62. The van der Waals surface area contributed by atoms with Crippen molar-refractivity contribution in [2.24, 2.45) is 5.73 Å². The van der Waals surface area contributed by atoms with Crippen LogP contribution in [-0.4, -0.2) is 15.9 Å². The number of aromatic nitrogens is 2. The number of halogens is 3. The van der Waals surface area contributed by atoms with E-state index in [1.807, 2.05) is 19.9 Å². The first-order chi connectivity index (χ1) is 14.1. The van der Waals surface area contributed by atoms with E-state index in [0.717, 1.165) is 22.9 Å². The maximum atomic E-state index is 13.4. The summed E-state index contributed by atoms with van der Waals surface area (Å²) in [5.41, 5.74) is 4.68. The van der Waals surface area contributed by atoms with Crippen LogP contribution in [0.2, 0.25) is 0 Å². The van der Waals surface area contributed by atoms with Gasteiger partial charge in [-0.2, -0.15) is 13.2 Å². The zero-order valence-corrected chi connectivity index (χ0v) is 16.1. The minimum absolute atomic E-state index is 0.137. The maximum absolute atomic E-state index is 13.4. The summed E-state index contributed by atoms with van der Waals surface area (Å²) in [6.07, 6.45) is -3.15. The molecule has 0 unspecified atom stereocenters. The molecule has 0 aliphatic rings. The standard InChI is InChI=1S/C21H18F3N3O3/c1-11-7-8-26-17(12(11)2)10-30-14-5-3-13(4-6-14)15-9-16(19(25)28)20(29)27-18(15)21(22,23)24/h3-9H,10H2,1-2H3,(H2,25,28)(H,27,29). The van der Waals surface area contributed by atoms with Crippen molar-refractivity contribution in [1.29, 1.82) is 0 Å². The third kappa shape index (κ3) is 4.35. The molecule has 0 atom stereocenters. The van der Waals surface area contributed by atoms with Crippen molar-refractivity contribution < 1.29 is 22.7 Å². The number of primary amides is 1. The lowest BCUT2D eigenvalue weighted by atomic mass is 10.0. The number of nitrogens with one attached hydrogen (secondary N) is 1. The van der Waals surface area contributed by atoms with Crippen LogP contribution in [0.1, 0.15) is 32.9 Å². The van der Waals surface area contributed by atoms with Crippen LogP contribution in [0, 0.1) is 13.8 Å². The number of aromatic amines is 1. The lowest BCUT2D eigenvalue weighted by Crippen LogP contribution is -2.27. The average Bonchev–Trinajstić information content (AvgIpc) is 2.68. The fraction of sp³-hybridized carbons (Fsp3) is 0.190. The van der Waals surface area contributed by atoms with E-state index in [0.29, 0.717) is 5.75 Å². The number of carbonyl (C=O) groups excluding carboxylic acids is 1. The number of nitrogens with two attached hydrogens (primary N) is 1. The summed E-state index contributed by atoms with van der Waals surface area (Å²) in [6, 6.07) is 8.53. The van der Waals surface area contributed by atoms with Gasteiger partial charge in [0.2, 0.25) is 0 Å². The number of ether oxygens (including phenoxy) is 1. The molecule has 0 bridgehead atoms. The first-order valence-electron chi connectivity index (χ1n) is 8.86. The SMILES string of the molecule is Cc1ccnc(COc2ccc(-c3cc(C(N)=O)c(=O)[nH]c3C(F)(F)F)cc2)c1C. The van der Waals surface area contributed by atoms with Crippen molar-refractivity contribution in [3.05, 3.63) is 81.0 Å². The van der Waals surface area contributed by atoms with Gasteiger partial charge >= 0.3 is 6.18 Å². The van der Waals surface area contributed by atoms with Crippen LogP contribution in [0.25, 0.3) is 11.1 Å². The van der Waals surface area contributed by atoms with Crippen molar-refractivity contribution in [2.45, 2.75) is 26.6 Å². The Kier molecular flexibility index (Phi) is 5.64. The normalized spacial score (nSPS) is 11.4. The fourth-order valence-electron chi connectivity index (χ4n) is 2.88. The van der Waals surface area contributed by atoms with E-state index in [9.17, 15) is 22.8 Å². The van der Waals surface area contributed by atoms with Crippen molar-refractivity contribution in [3.8, 4) is 16.9 Å². The Bertz CT molecular complexity index is 1150. The van der Waals surface area contributed by atoms with Crippen LogP contribution >= 0.6 is 0 Å². The molecule has 2 heterocycles. The monoisotopic (exact) mass is 417 g/mol. The van der Waals surface area contributed by atoms with Crippen LogP contribution < -0.4 is 16.0 Å². The molecule has 0 saturated heterocycles. The second kappa shape index (κ2) is 8.02. The van der Waals surface area contributed by atoms with Crippen molar-refractivity contribution in [2.75, 3.05) is 0 Å². The second-order valence-corrected chi connectivity index (χ2v) is 6.68. The van der Waals surface area contributed by atoms with Gasteiger partial charge in [-0.25, -0.2) is 0 Å². The Morgan fingerprint density at radius 3 is 2.43 bits per heavy atom. The molecule has 30 heavy (non-hydrogen) atoms. The summed E-state index contributed by atoms with van der Waals surface area (Å²) in [4.78, 5) is 29.1. The smallest absolute Gasteiger partial charge is 0.431 e. The average molecular weight is 417 g/mol. The first kappa shape index (κ1) is 21.1. The third-order valence-corrected chi connectivity index (χ3v) is 4.71. The number of H-pyrrole nitrogens is 1. The van der Waals surface area contributed by atoms with E-state index in [1.165, 1.54) is 24.3 Å². The largest absolute Gasteiger partial charge is 0.487 e. The van der Waals surface area contributed by atoms with Gasteiger partial charge in [-0.1, -0.05) is 12.1 Å². The Balaban J connectivity index is 1.92. The summed E-state index contributed by atoms with van der Waals surface area (Å²) in [5, 5.41) is 0.